The molecule has 0 amide bonds. The lowest BCUT2D eigenvalue weighted by Gasteiger charge is -2.35. The van der Waals surface area contributed by atoms with Crippen LogP contribution < -0.4 is 4.90 Å². The number of likely N-dealkylation sites (N-methyl/N-ethyl adjacent to an activating group) is 1. The zero-order valence-electron chi connectivity index (χ0n) is 11.3. The lowest BCUT2D eigenvalue weighted by atomic mass is 10.1. The first kappa shape index (κ1) is 14.3. The number of anilines is 1. The Hall–Kier alpha value is -2.15. The summed E-state index contributed by atoms with van der Waals surface area (Å²) in [7, 11) is 2.03. The van der Waals surface area contributed by atoms with Crippen LogP contribution in [0.2, 0.25) is 0 Å². The number of carboxylic acids is 1. The van der Waals surface area contributed by atoms with Crippen molar-refractivity contribution < 1.29 is 14.8 Å². The number of nitro benzene ring substituents is 1. The van der Waals surface area contributed by atoms with Crippen molar-refractivity contribution in [3.63, 3.8) is 0 Å². The molecule has 7 nitrogen and oxygen atoms in total. The van der Waals surface area contributed by atoms with E-state index in [-0.39, 0.29) is 12.1 Å². The van der Waals surface area contributed by atoms with E-state index in [1.165, 1.54) is 12.1 Å². The second-order valence-corrected chi connectivity index (χ2v) is 4.93. The Balaban J connectivity index is 2.30. The molecule has 1 aliphatic rings. The largest absolute Gasteiger partial charge is 0.481 e. The molecule has 7 heteroatoms. The van der Waals surface area contributed by atoms with Crippen molar-refractivity contribution in [3.8, 4) is 0 Å². The molecule has 0 bridgehead atoms. The van der Waals surface area contributed by atoms with Gasteiger partial charge in [0.2, 0.25) is 0 Å². The van der Waals surface area contributed by atoms with Gasteiger partial charge in [-0.3, -0.25) is 14.9 Å². The van der Waals surface area contributed by atoms with E-state index < -0.39 is 10.9 Å². The maximum atomic E-state index is 10.9. The molecule has 0 aromatic heterocycles. The first-order valence-electron chi connectivity index (χ1n) is 6.40. The molecule has 1 fully saturated rings. The van der Waals surface area contributed by atoms with Gasteiger partial charge >= 0.3 is 5.97 Å². The number of non-ortho nitro benzene ring substituents is 1. The predicted molar refractivity (Wildman–Crippen MR) is 74.1 cm³/mol. The summed E-state index contributed by atoms with van der Waals surface area (Å²) in [5.41, 5.74) is 1.21. The van der Waals surface area contributed by atoms with E-state index in [9.17, 15) is 14.9 Å². The van der Waals surface area contributed by atoms with E-state index in [2.05, 4.69) is 9.80 Å². The molecule has 0 radical (unpaired) electrons. The van der Waals surface area contributed by atoms with Crippen LogP contribution in [0.3, 0.4) is 0 Å². The summed E-state index contributed by atoms with van der Waals surface area (Å²) in [6.07, 6.45) is -0.205. The van der Waals surface area contributed by atoms with Gasteiger partial charge in [-0.25, -0.2) is 0 Å². The van der Waals surface area contributed by atoms with Crippen LogP contribution in [0.1, 0.15) is 5.56 Å². The number of benzene rings is 1. The summed E-state index contributed by atoms with van der Waals surface area (Å²) < 4.78 is 0. The zero-order valence-corrected chi connectivity index (χ0v) is 11.3. The lowest BCUT2D eigenvalue weighted by molar-refractivity contribution is -0.384. The van der Waals surface area contributed by atoms with E-state index in [0.717, 1.165) is 31.9 Å². The van der Waals surface area contributed by atoms with Crippen LogP contribution in [0.15, 0.2) is 18.2 Å². The third-order valence-corrected chi connectivity index (χ3v) is 3.46. The monoisotopic (exact) mass is 279 g/mol. The fourth-order valence-corrected chi connectivity index (χ4v) is 2.35. The minimum absolute atomic E-state index is 0.0703. The minimum Gasteiger partial charge on any atom is -0.481 e. The summed E-state index contributed by atoms with van der Waals surface area (Å²) in [5.74, 6) is -0.985. The maximum Gasteiger partial charge on any atom is 0.307 e. The van der Waals surface area contributed by atoms with Gasteiger partial charge in [-0.05, 0) is 18.7 Å². The summed E-state index contributed by atoms with van der Waals surface area (Å²) in [6, 6.07) is 4.45. The highest BCUT2D eigenvalue weighted by molar-refractivity contribution is 5.74. The molecule has 0 saturated carbocycles. The molecule has 0 atom stereocenters. The molecule has 0 aliphatic carbocycles. The van der Waals surface area contributed by atoms with E-state index in [0.29, 0.717) is 5.56 Å². The molecule has 1 aliphatic heterocycles. The minimum atomic E-state index is -0.985. The van der Waals surface area contributed by atoms with Gasteiger partial charge in [0, 0.05) is 44.0 Å². The predicted octanol–water partition coefficient (Wildman–Crippen LogP) is 0.974. The third kappa shape index (κ3) is 3.24. The summed E-state index contributed by atoms with van der Waals surface area (Å²) >= 11 is 0. The summed E-state index contributed by atoms with van der Waals surface area (Å²) in [4.78, 5) is 25.5. The number of nitrogens with zero attached hydrogens (tertiary/aromatic N) is 3. The summed E-state index contributed by atoms with van der Waals surface area (Å²) in [6.45, 7) is 3.37. The van der Waals surface area contributed by atoms with Crippen LogP contribution >= 0.6 is 0 Å². The standard InChI is InChI=1S/C13H17N3O4/c1-14-4-6-15(7-5-14)12-3-2-11(16(19)20)8-10(12)9-13(17)18/h2-3,8H,4-7,9H2,1H3,(H,17,18). The molecule has 0 spiro atoms. The Morgan fingerprint density at radius 2 is 2.00 bits per heavy atom. The van der Waals surface area contributed by atoms with E-state index in [1.54, 1.807) is 6.07 Å². The lowest BCUT2D eigenvalue weighted by Crippen LogP contribution is -2.44. The molecule has 1 aromatic rings. The normalized spacial score (nSPS) is 16.1. The van der Waals surface area contributed by atoms with Gasteiger partial charge in [-0.2, -0.15) is 0 Å². The number of piperazine rings is 1. The fraction of sp³-hybridized carbons (Fsp3) is 0.462. The van der Waals surface area contributed by atoms with Crippen LogP contribution in [-0.2, 0) is 11.2 Å². The molecular weight excluding hydrogens is 262 g/mol. The number of carboxylic acid groups (broad SMARTS) is 1. The Kier molecular flexibility index (Phi) is 4.19. The van der Waals surface area contributed by atoms with Gasteiger partial charge in [-0.15, -0.1) is 0 Å². The van der Waals surface area contributed by atoms with Gasteiger partial charge in [-0.1, -0.05) is 0 Å². The molecular formula is C13H17N3O4. The highest BCUT2D eigenvalue weighted by Gasteiger charge is 2.20. The molecule has 20 heavy (non-hydrogen) atoms. The van der Waals surface area contributed by atoms with Crippen LogP contribution in [0, 0.1) is 10.1 Å². The Bertz CT molecular complexity index is 524. The quantitative estimate of drug-likeness (QED) is 0.653. The van der Waals surface area contributed by atoms with E-state index in [1.807, 2.05) is 7.05 Å². The molecule has 0 unspecified atom stereocenters. The fourth-order valence-electron chi connectivity index (χ4n) is 2.35. The Morgan fingerprint density at radius 1 is 1.35 bits per heavy atom. The van der Waals surface area contributed by atoms with Crippen LogP contribution in [0.25, 0.3) is 0 Å². The molecule has 2 rings (SSSR count). The Morgan fingerprint density at radius 3 is 2.55 bits per heavy atom. The number of hydrogen-bond acceptors (Lipinski definition) is 5. The average molecular weight is 279 g/mol. The topological polar surface area (TPSA) is 86.9 Å². The van der Waals surface area contributed by atoms with Crippen molar-refractivity contribution in [1.82, 2.24) is 4.90 Å². The number of rotatable bonds is 4. The highest BCUT2D eigenvalue weighted by atomic mass is 16.6. The highest BCUT2D eigenvalue weighted by Crippen LogP contribution is 2.27. The number of hydrogen-bond donors (Lipinski definition) is 1. The average Bonchev–Trinajstić information content (AvgIpc) is 2.39. The van der Waals surface area contributed by atoms with Crippen molar-refractivity contribution in [1.29, 1.82) is 0 Å². The number of aliphatic carboxylic acids is 1. The van der Waals surface area contributed by atoms with Crippen molar-refractivity contribution in [2.24, 2.45) is 0 Å². The molecule has 1 heterocycles. The van der Waals surface area contributed by atoms with Gasteiger partial charge in [0.05, 0.1) is 11.3 Å². The molecule has 1 saturated heterocycles. The summed E-state index contributed by atoms with van der Waals surface area (Å²) in [5, 5.41) is 19.8. The van der Waals surface area contributed by atoms with Crippen molar-refractivity contribution in [2.45, 2.75) is 6.42 Å². The van der Waals surface area contributed by atoms with E-state index in [4.69, 9.17) is 5.11 Å². The smallest absolute Gasteiger partial charge is 0.307 e. The van der Waals surface area contributed by atoms with Gasteiger partial charge in [0.15, 0.2) is 0 Å². The van der Waals surface area contributed by atoms with Crippen molar-refractivity contribution >= 4 is 17.3 Å². The van der Waals surface area contributed by atoms with E-state index >= 15 is 0 Å². The van der Waals surface area contributed by atoms with Crippen molar-refractivity contribution in [2.75, 3.05) is 38.1 Å². The third-order valence-electron chi connectivity index (χ3n) is 3.46. The Labute approximate surface area is 116 Å². The first-order chi connectivity index (χ1) is 9.47. The zero-order chi connectivity index (χ0) is 14.7. The van der Waals surface area contributed by atoms with Gasteiger partial charge in [0.1, 0.15) is 0 Å². The number of nitro groups is 1. The first-order valence-corrected chi connectivity index (χ1v) is 6.40. The second kappa shape index (κ2) is 5.87. The van der Waals surface area contributed by atoms with Gasteiger partial charge < -0.3 is 14.9 Å². The van der Waals surface area contributed by atoms with Crippen LogP contribution in [0.5, 0.6) is 0 Å². The van der Waals surface area contributed by atoms with Crippen LogP contribution in [-0.4, -0.2) is 54.1 Å². The molecule has 1 N–H and O–H groups in total. The molecule has 1 aromatic carbocycles. The number of carbonyl (C=O) groups is 1. The van der Waals surface area contributed by atoms with Crippen molar-refractivity contribution in [3.05, 3.63) is 33.9 Å². The SMILES string of the molecule is CN1CCN(c2ccc([N+](=O)[O-])cc2CC(=O)O)CC1. The van der Waals surface area contributed by atoms with Gasteiger partial charge in [0.25, 0.3) is 5.69 Å². The van der Waals surface area contributed by atoms with Crippen LogP contribution in [0.4, 0.5) is 11.4 Å². The molecule has 108 valence electrons. The second-order valence-electron chi connectivity index (χ2n) is 4.93. The maximum absolute atomic E-state index is 10.9.